The van der Waals surface area contributed by atoms with E-state index in [9.17, 15) is 4.79 Å². The van der Waals surface area contributed by atoms with Crippen LogP contribution in [0.25, 0.3) is 0 Å². The first-order valence-electron chi connectivity index (χ1n) is 6.11. The zero-order valence-corrected chi connectivity index (χ0v) is 10.4. The minimum atomic E-state index is -0.156. The monoisotopic (exact) mass is 228 g/mol. The second-order valence-corrected chi connectivity index (χ2v) is 4.82. The molecule has 0 unspecified atom stereocenters. The lowest BCUT2D eigenvalue weighted by Crippen LogP contribution is -2.37. The van der Waals surface area contributed by atoms with Gasteiger partial charge in [0, 0.05) is 26.1 Å². The number of carbonyl (C=O) groups excluding carboxylic acids is 1. The van der Waals surface area contributed by atoms with E-state index in [1.54, 1.807) is 7.11 Å². The summed E-state index contributed by atoms with van der Waals surface area (Å²) in [5.74, 6) is 0.362. The van der Waals surface area contributed by atoms with E-state index in [0.717, 1.165) is 26.0 Å². The summed E-state index contributed by atoms with van der Waals surface area (Å²) in [6.45, 7) is 1.78. The summed E-state index contributed by atoms with van der Waals surface area (Å²) in [6.07, 6.45) is 5.18. The Morgan fingerprint density at radius 2 is 2.00 bits per heavy atom. The lowest BCUT2D eigenvalue weighted by atomic mass is 9.83. The van der Waals surface area contributed by atoms with Crippen molar-refractivity contribution in [3.05, 3.63) is 0 Å². The van der Waals surface area contributed by atoms with Gasteiger partial charge in [0.15, 0.2) is 0 Å². The zero-order valence-electron chi connectivity index (χ0n) is 10.4. The molecule has 1 fully saturated rings. The van der Waals surface area contributed by atoms with Crippen molar-refractivity contribution in [2.24, 2.45) is 11.7 Å². The van der Waals surface area contributed by atoms with E-state index in [-0.39, 0.29) is 5.91 Å². The highest BCUT2D eigenvalue weighted by Gasteiger charge is 2.24. The van der Waals surface area contributed by atoms with Crippen molar-refractivity contribution < 1.29 is 9.53 Å². The average Bonchev–Trinajstić information content (AvgIpc) is 2.26. The smallest absolute Gasteiger partial charge is 0.217 e. The van der Waals surface area contributed by atoms with Crippen molar-refractivity contribution in [1.82, 2.24) is 4.90 Å². The number of methoxy groups -OCH3 is 1. The molecule has 0 aromatic carbocycles. The van der Waals surface area contributed by atoms with Gasteiger partial charge in [0.05, 0.1) is 6.61 Å². The van der Waals surface area contributed by atoms with Crippen LogP contribution in [0.1, 0.15) is 32.1 Å². The van der Waals surface area contributed by atoms with Gasteiger partial charge in [0.1, 0.15) is 0 Å². The number of hydrogen-bond acceptors (Lipinski definition) is 3. The quantitative estimate of drug-likeness (QED) is 0.738. The topological polar surface area (TPSA) is 55.6 Å². The first-order valence-corrected chi connectivity index (χ1v) is 6.11. The van der Waals surface area contributed by atoms with Crippen LogP contribution in [0, 0.1) is 5.92 Å². The van der Waals surface area contributed by atoms with E-state index in [2.05, 4.69) is 11.9 Å². The summed E-state index contributed by atoms with van der Waals surface area (Å²) < 4.78 is 5.07. The van der Waals surface area contributed by atoms with Crippen molar-refractivity contribution in [1.29, 1.82) is 0 Å². The molecule has 1 aliphatic rings. The van der Waals surface area contributed by atoms with Crippen LogP contribution in [0.15, 0.2) is 0 Å². The predicted octanol–water partition coefficient (Wildman–Crippen LogP) is 0.999. The van der Waals surface area contributed by atoms with E-state index in [1.165, 1.54) is 12.8 Å². The van der Waals surface area contributed by atoms with Gasteiger partial charge in [-0.3, -0.25) is 4.79 Å². The number of likely N-dealkylation sites (N-methyl/N-ethyl adjacent to an activating group) is 1. The minimum absolute atomic E-state index is 0.156. The summed E-state index contributed by atoms with van der Waals surface area (Å²) >= 11 is 0. The molecular formula is C12H24N2O2. The van der Waals surface area contributed by atoms with Gasteiger partial charge in [-0.15, -0.1) is 0 Å². The Balaban J connectivity index is 2.23. The number of nitrogens with two attached hydrogens (primary N) is 1. The Bertz CT molecular complexity index is 213. The van der Waals surface area contributed by atoms with Gasteiger partial charge in [0.25, 0.3) is 0 Å². The molecule has 0 heterocycles. The number of amides is 1. The number of hydrogen-bond donors (Lipinski definition) is 1. The van der Waals surface area contributed by atoms with Crippen molar-refractivity contribution in [2.75, 3.05) is 27.3 Å². The fourth-order valence-corrected chi connectivity index (χ4v) is 2.49. The number of ether oxygens (including phenoxy) is 1. The second-order valence-electron chi connectivity index (χ2n) is 4.82. The molecule has 0 aromatic rings. The number of carbonyl (C=O) groups is 1. The number of nitrogens with zero attached hydrogens (tertiary/aromatic N) is 1. The van der Waals surface area contributed by atoms with Crippen LogP contribution in [0.4, 0.5) is 0 Å². The first kappa shape index (κ1) is 13.5. The van der Waals surface area contributed by atoms with Gasteiger partial charge in [-0.25, -0.2) is 0 Å². The molecule has 2 N–H and O–H groups in total. The summed E-state index contributed by atoms with van der Waals surface area (Å²) in [5.41, 5.74) is 5.22. The fourth-order valence-electron chi connectivity index (χ4n) is 2.49. The summed E-state index contributed by atoms with van der Waals surface area (Å²) in [5, 5.41) is 0. The molecule has 0 saturated heterocycles. The van der Waals surface area contributed by atoms with Crippen LogP contribution in [-0.4, -0.2) is 44.2 Å². The van der Waals surface area contributed by atoms with Crippen molar-refractivity contribution in [3.8, 4) is 0 Å². The third-order valence-electron chi connectivity index (χ3n) is 3.58. The standard InChI is InChI=1S/C12H24N2O2/c1-14(7-8-16-2)11-5-3-10(4-6-11)9-12(13)15/h10-11H,3-9H2,1-2H3,(H2,13,15)/t10-,11-. The van der Waals surface area contributed by atoms with Gasteiger partial charge in [-0.1, -0.05) is 0 Å². The van der Waals surface area contributed by atoms with Crippen molar-refractivity contribution >= 4 is 5.91 Å². The normalized spacial score (nSPS) is 25.9. The Hall–Kier alpha value is -0.610. The van der Waals surface area contributed by atoms with Gasteiger partial charge in [-0.05, 0) is 38.6 Å². The molecule has 0 atom stereocenters. The van der Waals surface area contributed by atoms with Crippen LogP contribution in [0.2, 0.25) is 0 Å². The van der Waals surface area contributed by atoms with Crippen LogP contribution < -0.4 is 5.73 Å². The van der Waals surface area contributed by atoms with Gasteiger partial charge < -0.3 is 15.4 Å². The molecule has 4 heteroatoms. The maximum atomic E-state index is 10.8. The highest BCUT2D eigenvalue weighted by molar-refractivity contribution is 5.73. The Morgan fingerprint density at radius 3 is 2.50 bits per heavy atom. The maximum Gasteiger partial charge on any atom is 0.217 e. The molecule has 4 nitrogen and oxygen atoms in total. The van der Waals surface area contributed by atoms with E-state index < -0.39 is 0 Å². The Kier molecular flexibility index (Phi) is 5.77. The van der Waals surface area contributed by atoms with Crippen LogP contribution in [0.5, 0.6) is 0 Å². The Morgan fingerprint density at radius 1 is 1.38 bits per heavy atom. The highest BCUT2D eigenvalue weighted by atomic mass is 16.5. The van der Waals surface area contributed by atoms with Gasteiger partial charge in [-0.2, -0.15) is 0 Å². The highest BCUT2D eigenvalue weighted by Crippen LogP contribution is 2.28. The average molecular weight is 228 g/mol. The van der Waals surface area contributed by atoms with E-state index in [1.807, 2.05) is 0 Å². The molecule has 16 heavy (non-hydrogen) atoms. The zero-order chi connectivity index (χ0) is 12.0. The molecule has 0 spiro atoms. The third-order valence-corrected chi connectivity index (χ3v) is 3.58. The molecule has 0 aromatic heterocycles. The fraction of sp³-hybridized carbons (Fsp3) is 0.917. The lowest BCUT2D eigenvalue weighted by molar-refractivity contribution is -0.119. The molecule has 0 bridgehead atoms. The van der Waals surface area contributed by atoms with Crippen LogP contribution in [0.3, 0.4) is 0 Å². The molecular weight excluding hydrogens is 204 g/mol. The molecule has 0 aliphatic heterocycles. The molecule has 1 rings (SSSR count). The summed E-state index contributed by atoms with van der Waals surface area (Å²) in [4.78, 5) is 13.2. The number of rotatable bonds is 6. The lowest BCUT2D eigenvalue weighted by Gasteiger charge is -2.34. The second kappa shape index (κ2) is 6.86. The molecule has 94 valence electrons. The van der Waals surface area contributed by atoms with Gasteiger partial charge >= 0.3 is 0 Å². The van der Waals surface area contributed by atoms with Crippen LogP contribution in [-0.2, 0) is 9.53 Å². The molecule has 1 saturated carbocycles. The van der Waals surface area contributed by atoms with Crippen molar-refractivity contribution in [2.45, 2.75) is 38.1 Å². The number of primary amides is 1. The van der Waals surface area contributed by atoms with Crippen molar-refractivity contribution in [3.63, 3.8) is 0 Å². The third kappa shape index (κ3) is 4.49. The van der Waals surface area contributed by atoms with E-state index >= 15 is 0 Å². The predicted molar refractivity (Wildman–Crippen MR) is 64.1 cm³/mol. The first-order chi connectivity index (χ1) is 7.63. The minimum Gasteiger partial charge on any atom is -0.383 e. The van der Waals surface area contributed by atoms with Gasteiger partial charge in [0.2, 0.25) is 5.91 Å². The largest absolute Gasteiger partial charge is 0.383 e. The molecule has 1 amide bonds. The molecule has 1 aliphatic carbocycles. The summed E-state index contributed by atoms with van der Waals surface area (Å²) in [6, 6.07) is 0.652. The van der Waals surface area contributed by atoms with E-state index in [0.29, 0.717) is 18.4 Å². The molecule has 0 radical (unpaired) electrons. The summed E-state index contributed by atoms with van der Waals surface area (Å²) in [7, 11) is 3.88. The Labute approximate surface area is 98.1 Å². The van der Waals surface area contributed by atoms with Crippen LogP contribution >= 0.6 is 0 Å². The van der Waals surface area contributed by atoms with E-state index in [4.69, 9.17) is 10.5 Å². The maximum absolute atomic E-state index is 10.8. The SMILES string of the molecule is COCCN(C)[C@H]1CC[C@H](CC(N)=O)CC1.